The minimum absolute atomic E-state index is 0.866. The molecule has 0 spiro atoms. The van der Waals surface area contributed by atoms with Crippen LogP contribution in [-0.4, -0.2) is 44.5 Å². The maximum absolute atomic E-state index is 4.95. The summed E-state index contributed by atoms with van der Waals surface area (Å²) >= 11 is 4.15. The summed E-state index contributed by atoms with van der Waals surface area (Å²) in [4.78, 5) is 2.31. The molecule has 2 nitrogen and oxygen atoms in total. The monoisotopic (exact) mass is 177 g/mol. The van der Waals surface area contributed by atoms with Crippen LogP contribution in [-0.2, 0) is 4.74 Å². The van der Waals surface area contributed by atoms with Gasteiger partial charge in [-0.15, -0.1) is 0 Å². The molecular weight excluding hydrogens is 158 g/mol. The van der Waals surface area contributed by atoms with Crippen LogP contribution in [0.5, 0.6) is 0 Å². The van der Waals surface area contributed by atoms with Crippen molar-refractivity contribution in [3.05, 3.63) is 0 Å². The van der Waals surface area contributed by atoms with Gasteiger partial charge in [-0.3, -0.25) is 0 Å². The van der Waals surface area contributed by atoms with Crippen molar-refractivity contribution < 1.29 is 4.74 Å². The van der Waals surface area contributed by atoms with E-state index in [0.717, 1.165) is 31.9 Å². The van der Waals surface area contributed by atoms with E-state index in [-0.39, 0.29) is 0 Å². The Bertz CT molecular complexity index is 80.5. The van der Waals surface area contributed by atoms with Gasteiger partial charge in [0.1, 0.15) is 0 Å². The fourth-order valence-electron chi connectivity index (χ4n) is 0.931. The van der Waals surface area contributed by atoms with Crippen LogP contribution in [0.1, 0.15) is 12.8 Å². The van der Waals surface area contributed by atoms with Gasteiger partial charge >= 0.3 is 0 Å². The fraction of sp³-hybridized carbons (Fsp3) is 1.00. The highest BCUT2D eigenvalue weighted by atomic mass is 32.1. The minimum atomic E-state index is 0.866. The summed E-state index contributed by atoms with van der Waals surface area (Å²) in [6, 6.07) is 0. The molecule has 3 heteroatoms. The van der Waals surface area contributed by atoms with Gasteiger partial charge in [0, 0.05) is 20.3 Å². The molecule has 0 amide bonds. The van der Waals surface area contributed by atoms with Crippen LogP contribution >= 0.6 is 12.6 Å². The SMILES string of the molecule is COCCCN(C)CCCS. The number of rotatable bonds is 7. The van der Waals surface area contributed by atoms with Crippen LogP contribution < -0.4 is 0 Å². The van der Waals surface area contributed by atoms with E-state index >= 15 is 0 Å². The molecule has 0 aromatic rings. The second-order valence-corrected chi connectivity index (χ2v) is 3.17. The zero-order chi connectivity index (χ0) is 8.53. The van der Waals surface area contributed by atoms with Gasteiger partial charge in [0.15, 0.2) is 0 Å². The Morgan fingerprint density at radius 2 is 1.91 bits per heavy atom. The molecule has 0 aromatic carbocycles. The quantitative estimate of drug-likeness (QED) is 0.464. The van der Waals surface area contributed by atoms with Crippen molar-refractivity contribution in [2.45, 2.75) is 12.8 Å². The molecule has 0 radical (unpaired) electrons. The second-order valence-electron chi connectivity index (χ2n) is 2.73. The molecule has 0 saturated carbocycles. The molecule has 0 aromatic heterocycles. The lowest BCUT2D eigenvalue weighted by molar-refractivity contribution is 0.179. The standard InChI is InChI=1S/C8H19NOS/c1-9(6-4-8-11)5-3-7-10-2/h11H,3-8H2,1-2H3. The molecule has 0 N–H and O–H groups in total. The third-order valence-corrected chi connectivity index (χ3v) is 1.90. The Labute approximate surface area is 75.3 Å². The lowest BCUT2D eigenvalue weighted by atomic mass is 10.4. The molecule has 68 valence electrons. The molecule has 0 saturated heterocycles. The lowest BCUT2D eigenvalue weighted by Gasteiger charge is -2.14. The van der Waals surface area contributed by atoms with Gasteiger partial charge in [0.05, 0.1) is 0 Å². The van der Waals surface area contributed by atoms with Crippen molar-refractivity contribution in [2.75, 3.05) is 39.6 Å². The van der Waals surface area contributed by atoms with Crippen LogP contribution in [0.4, 0.5) is 0 Å². The number of hydrogen-bond acceptors (Lipinski definition) is 3. The number of thiol groups is 1. The van der Waals surface area contributed by atoms with Crippen molar-refractivity contribution in [2.24, 2.45) is 0 Å². The number of nitrogens with zero attached hydrogens (tertiary/aromatic N) is 1. The predicted molar refractivity (Wildman–Crippen MR) is 52.5 cm³/mol. The van der Waals surface area contributed by atoms with Crippen LogP contribution in [0.3, 0.4) is 0 Å². The van der Waals surface area contributed by atoms with Crippen molar-refractivity contribution in [3.63, 3.8) is 0 Å². The van der Waals surface area contributed by atoms with E-state index in [1.165, 1.54) is 6.42 Å². The first-order chi connectivity index (χ1) is 5.31. The van der Waals surface area contributed by atoms with Crippen molar-refractivity contribution in [1.29, 1.82) is 0 Å². The fourth-order valence-corrected chi connectivity index (χ4v) is 1.07. The molecule has 0 aliphatic carbocycles. The molecule has 0 aliphatic heterocycles. The predicted octanol–water partition coefficient (Wildman–Crippen LogP) is 1.27. The second kappa shape index (κ2) is 8.37. The summed E-state index contributed by atoms with van der Waals surface area (Å²) in [7, 11) is 3.88. The van der Waals surface area contributed by atoms with Crippen LogP contribution in [0.15, 0.2) is 0 Å². The van der Waals surface area contributed by atoms with Gasteiger partial charge in [0.25, 0.3) is 0 Å². The Hall–Kier alpha value is 0.270. The highest BCUT2D eigenvalue weighted by Crippen LogP contribution is 1.91. The Balaban J connectivity index is 3.02. The van der Waals surface area contributed by atoms with Crippen LogP contribution in [0, 0.1) is 0 Å². The average molecular weight is 177 g/mol. The van der Waals surface area contributed by atoms with Gasteiger partial charge in [-0.25, -0.2) is 0 Å². The summed E-state index contributed by atoms with van der Waals surface area (Å²) < 4.78 is 4.95. The molecule has 0 aliphatic rings. The molecule has 11 heavy (non-hydrogen) atoms. The number of hydrogen-bond donors (Lipinski definition) is 1. The first kappa shape index (κ1) is 11.3. The highest BCUT2D eigenvalue weighted by molar-refractivity contribution is 7.80. The highest BCUT2D eigenvalue weighted by Gasteiger charge is 1.95. The van der Waals surface area contributed by atoms with Crippen LogP contribution in [0.25, 0.3) is 0 Å². The maximum Gasteiger partial charge on any atom is 0.0474 e. The van der Waals surface area contributed by atoms with E-state index in [1.54, 1.807) is 7.11 Å². The molecule has 0 bridgehead atoms. The first-order valence-corrected chi connectivity index (χ1v) is 4.73. The van der Waals surface area contributed by atoms with E-state index in [1.807, 2.05) is 0 Å². The summed E-state index contributed by atoms with van der Waals surface area (Å²) in [5.74, 6) is 0.981. The number of methoxy groups -OCH3 is 1. The normalized spacial score (nSPS) is 10.9. The zero-order valence-corrected chi connectivity index (χ0v) is 8.44. The smallest absolute Gasteiger partial charge is 0.0474 e. The van der Waals surface area contributed by atoms with Gasteiger partial charge in [-0.05, 0) is 32.2 Å². The van der Waals surface area contributed by atoms with E-state index in [0.29, 0.717) is 0 Å². The number of ether oxygens (including phenoxy) is 1. The molecule has 0 fully saturated rings. The van der Waals surface area contributed by atoms with E-state index in [9.17, 15) is 0 Å². The maximum atomic E-state index is 4.95. The first-order valence-electron chi connectivity index (χ1n) is 4.09. The summed E-state index contributed by atoms with van der Waals surface area (Å²) in [6.07, 6.45) is 2.30. The molecule has 0 unspecified atom stereocenters. The average Bonchev–Trinajstić information content (AvgIpc) is 2.01. The summed E-state index contributed by atoms with van der Waals surface area (Å²) in [6.45, 7) is 3.14. The van der Waals surface area contributed by atoms with E-state index in [4.69, 9.17) is 4.74 Å². The van der Waals surface area contributed by atoms with Gasteiger partial charge in [-0.1, -0.05) is 0 Å². The third-order valence-electron chi connectivity index (χ3n) is 1.59. The van der Waals surface area contributed by atoms with Crippen molar-refractivity contribution in [1.82, 2.24) is 4.90 Å². The van der Waals surface area contributed by atoms with Crippen molar-refractivity contribution in [3.8, 4) is 0 Å². The van der Waals surface area contributed by atoms with E-state index in [2.05, 4.69) is 24.6 Å². The zero-order valence-electron chi connectivity index (χ0n) is 7.55. The largest absolute Gasteiger partial charge is 0.385 e. The van der Waals surface area contributed by atoms with Gasteiger partial charge in [0.2, 0.25) is 0 Å². The Kier molecular flexibility index (Phi) is 8.57. The molecule has 0 rings (SSSR count). The van der Waals surface area contributed by atoms with Gasteiger partial charge < -0.3 is 9.64 Å². The summed E-state index contributed by atoms with van der Waals surface area (Å²) in [5, 5.41) is 0. The minimum Gasteiger partial charge on any atom is -0.385 e. The van der Waals surface area contributed by atoms with Gasteiger partial charge in [-0.2, -0.15) is 12.6 Å². The topological polar surface area (TPSA) is 12.5 Å². The molecular formula is C8H19NOS. The molecule has 0 atom stereocenters. The van der Waals surface area contributed by atoms with Crippen molar-refractivity contribution >= 4 is 12.6 Å². The lowest BCUT2D eigenvalue weighted by Crippen LogP contribution is -2.22. The summed E-state index contributed by atoms with van der Waals surface area (Å²) in [5.41, 5.74) is 0. The van der Waals surface area contributed by atoms with E-state index < -0.39 is 0 Å². The Morgan fingerprint density at radius 1 is 1.27 bits per heavy atom. The molecule has 0 heterocycles. The Morgan fingerprint density at radius 3 is 2.45 bits per heavy atom. The van der Waals surface area contributed by atoms with Crippen LogP contribution in [0.2, 0.25) is 0 Å². The third kappa shape index (κ3) is 8.17.